The van der Waals surface area contributed by atoms with E-state index in [1.807, 2.05) is 66.7 Å². The highest BCUT2D eigenvalue weighted by molar-refractivity contribution is 5.91. The van der Waals surface area contributed by atoms with Crippen LogP contribution < -0.4 is 5.32 Å². The number of carbonyl (C=O) groups is 1. The third-order valence-corrected chi connectivity index (χ3v) is 4.78. The molecule has 0 aliphatic carbocycles. The molecule has 4 heteroatoms. The first-order chi connectivity index (χ1) is 14.8. The molecule has 148 valence electrons. The maximum Gasteiger partial charge on any atom is 0.244 e. The number of hydrogen-bond acceptors (Lipinski definition) is 2. The van der Waals surface area contributed by atoms with E-state index in [2.05, 4.69) is 40.2 Å². The number of benzene rings is 3. The van der Waals surface area contributed by atoms with E-state index in [0.717, 1.165) is 28.0 Å². The number of hydrogen-bond donors (Lipinski definition) is 1. The largest absolute Gasteiger partial charge is 0.345 e. The molecular formula is C26H23N3O. The molecule has 0 aliphatic rings. The van der Waals surface area contributed by atoms with Crippen molar-refractivity contribution in [3.05, 3.63) is 114 Å². The number of carbonyl (C=O) groups excluding carboxylic acids is 1. The van der Waals surface area contributed by atoms with Gasteiger partial charge in [0.1, 0.15) is 5.82 Å². The van der Waals surface area contributed by atoms with Crippen molar-refractivity contribution in [2.24, 2.45) is 0 Å². The molecule has 0 unspecified atom stereocenters. The van der Waals surface area contributed by atoms with E-state index in [4.69, 9.17) is 4.98 Å². The number of nitrogens with zero attached hydrogens (tertiary/aromatic N) is 2. The van der Waals surface area contributed by atoms with Crippen molar-refractivity contribution >= 4 is 29.1 Å². The lowest BCUT2D eigenvalue weighted by Crippen LogP contribution is -2.22. The summed E-state index contributed by atoms with van der Waals surface area (Å²) in [5, 5.41) is 2.95. The van der Waals surface area contributed by atoms with Crippen molar-refractivity contribution in [2.75, 3.05) is 0 Å². The number of para-hydroxylation sites is 2. The van der Waals surface area contributed by atoms with Crippen LogP contribution in [0.1, 0.15) is 17.0 Å². The van der Waals surface area contributed by atoms with Crippen molar-refractivity contribution in [1.82, 2.24) is 14.9 Å². The van der Waals surface area contributed by atoms with Gasteiger partial charge in [-0.25, -0.2) is 4.98 Å². The lowest BCUT2D eigenvalue weighted by atomic mass is 10.2. The predicted octanol–water partition coefficient (Wildman–Crippen LogP) is 5.08. The number of aromatic nitrogens is 2. The van der Waals surface area contributed by atoms with Crippen LogP contribution in [0.4, 0.5) is 0 Å². The molecule has 30 heavy (non-hydrogen) atoms. The number of rotatable bonds is 7. The maximum atomic E-state index is 12.3. The second kappa shape index (κ2) is 9.52. The molecule has 0 fully saturated rings. The van der Waals surface area contributed by atoms with Crippen molar-refractivity contribution in [3.8, 4) is 0 Å². The van der Waals surface area contributed by atoms with E-state index in [1.165, 1.54) is 0 Å². The minimum Gasteiger partial charge on any atom is -0.345 e. The van der Waals surface area contributed by atoms with Crippen LogP contribution in [0, 0.1) is 0 Å². The third kappa shape index (κ3) is 4.92. The highest BCUT2D eigenvalue weighted by atomic mass is 16.1. The van der Waals surface area contributed by atoms with Crippen LogP contribution in [0.25, 0.3) is 23.2 Å². The van der Waals surface area contributed by atoms with E-state index < -0.39 is 0 Å². The Morgan fingerprint density at radius 3 is 2.20 bits per heavy atom. The van der Waals surface area contributed by atoms with Gasteiger partial charge >= 0.3 is 0 Å². The smallest absolute Gasteiger partial charge is 0.244 e. The van der Waals surface area contributed by atoms with Gasteiger partial charge in [-0.15, -0.1) is 0 Å². The molecule has 0 bridgehead atoms. The van der Waals surface area contributed by atoms with Crippen LogP contribution >= 0.6 is 0 Å². The summed E-state index contributed by atoms with van der Waals surface area (Å²) in [5.74, 6) is 0.688. The summed E-state index contributed by atoms with van der Waals surface area (Å²) in [6.07, 6.45) is 7.57. The molecule has 1 aromatic heterocycles. The second-order valence-corrected chi connectivity index (χ2v) is 6.90. The van der Waals surface area contributed by atoms with Gasteiger partial charge < -0.3 is 9.88 Å². The molecule has 0 spiro atoms. The normalized spacial score (nSPS) is 11.5. The van der Waals surface area contributed by atoms with Crippen LogP contribution in [0.2, 0.25) is 0 Å². The zero-order chi connectivity index (χ0) is 20.6. The van der Waals surface area contributed by atoms with Gasteiger partial charge in [0.25, 0.3) is 0 Å². The van der Waals surface area contributed by atoms with Gasteiger partial charge in [0, 0.05) is 12.6 Å². The Hall–Kier alpha value is -3.92. The second-order valence-electron chi connectivity index (χ2n) is 6.90. The molecule has 4 nitrogen and oxygen atoms in total. The van der Waals surface area contributed by atoms with Crippen molar-refractivity contribution in [3.63, 3.8) is 0 Å². The Bertz CT molecular complexity index is 1170. The van der Waals surface area contributed by atoms with Gasteiger partial charge in [0.15, 0.2) is 0 Å². The highest BCUT2D eigenvalue weighted by Crippen LogP contribution is 2.16. The van der Waals surface area contributed by atoms with E-state index in [-0.39, 0.29) is 5.91 Å². The van der Waals surface area contributed by atoms with Gasteiger partial charge in [-0.1, -0.05) is 84.9 Å². The Labute approximate surface area is 176 Å². The number of imidazole rings is 1. The molecule has 4 aromatic rings. The SMILES string of the molecule is O=C(/C=C\c1ccccc1)NCc1nc2ccccc2n1C/C=C/c1ccccc1. The first-order valence-corrected chi connectivity index (χ1v) is 9.96. The summed E-state index contributed by atoms with van der Waals surface area (Å²) >= 11 is 0. The zero-order valence-electron chi connectivity index (χ0n) is 16.6. The molecule has 0 saturated carbocycles. The first-order valence-electron chi connectivity index (χ1n) is 9.96. The minimum absolute atomic E-state index is 0.141. The molecule has 3 aromatic carbocycles. The van der Waals surface area contributed by atoms with Gasteiger partial charge in [-0.3, -0.25) is 4.79 Å². The fourth-order valence-electron chi connectivity index (χ4n) is 3.28. The molecule has 0 radical (unpaired) electrons. The van der Waals surface area contributed by atoms with Crippen molar-refractivity contribution in [1.29, 1.82) is 0 Å². The molecule has 1 N–H and O–H groups in total. The molecule has 0 aliphatic heterocycles. The standard InChI is InChI=1S/C26H23N3O/c30-26(18-17-22-12-5-2-6-13-22)27-20-25-28-23-15-7-8-16-24(23)29(25)19-9-14-21-10-3-1-4-11-21/h1-18H,19-20H2,(H,27,30)/b14-9+,18-17-. The molecule has 0 atom stereocenters. The fourth-order valence-corrected chi connectivity index (χ4v) is 3.28. The lowest BCUT2D eigenvalue weighted by molar-refractivity contribution is -0.116. The van der Waals surface area contributed by atoms with Gasteiger partial charge in [-0.05, 0) is 29.3 Å². The van der Waals surface area contributed by atoms with Crippen LogP contribution in [-0.4, -0.2) is 15.5 Å². The summed E-state index contributed by atoms with van der Waals surface area (Å²) in [7, 11) is 0. The molecule has 1 amide bonds. The maximum absolute atomic E-state index is 12.3. The van der Waals surface area contributed by atoms with Crippen molar-refractivity contribution in [2.45, 2.75) is 13.1 Å². The zero-order valence-corrected chi connectivity index (χ0v) is 16.6. The Balaban J connectivity index is 1.48. The average Bonchev–Trinajstić information content (AvgIpc) is 3.15. The summed E-state index contributed by atoms with van der Waals surface area (Å²) < 4.78 is 2.13. The minimum atomic E-state index is -0.141. The molecule has 0 saturated heterocycles. The van der Waals surface area contributed by atoms with Gasteiger partial charge in [0.2, 0.25) is 5.91 Å². The predicted molar refractivity (Wildman–Crippen MR) is 123 cm³/mol. The molecule has 4 rings (SSSR count). The first kappa shape index (κ1) is 19.4. The Morgan fingerprint density at radius 2 is 1.47 bits per heavy atom. The third-order valence-electron chi connectivity index (χ3n) is 4.78. The summed E-state index contributed by atoms with van der Waals surface area (Å²) in [4.78, 5) is 17.0. The summed E-state index contributed by atoms with van der Waals surface area (Å²) in [6.45, 7) is 1.05. The topological polar surface area (TPSA) is 46.9 Å². The van der Waals surface area contributed by atoms with Crippen LogP contribution in [0.15, 0.2) is 97.1 Å². The van der Waals surface area contributed by atoms with Crippen molar-refractivity contribution < 1.29 is 4.79 Å². The monoisotopic (exact) mass is 393 g/mol. The highest BCUT2D eigenvalue weighted by Gasteiger charge is 2.10. The van der Waals surface area contributed by atoms with Crippen LogP contribution in [-0.2, 0) is 17.9 Å². The number of amides is 1. The average molecular weight is 393 g/mol. The number of allylic oxidation sites excluding steroid dienone is 1. The van der Waals surface area contributed by atoms with E-state index in [0.29, 0.717) is 13.1 Å². The quantitative estimate of drug-likeness (QED) is 0.445. The summed E-state index contributed by atoms with van der Waals surface area (Å²) in [5.41, 5.74) is 4.13. The summed E-state index contributed by atoms with van der Waals surface area (Å²) in [6, 6.07) is 28.0. The van der Waals surface area contributed by atoms with E-state index >= 15 is 0 Å². The Morgan fingerprint density at radius 1 is 0.833 bits per heavy atom. The lowest BCUT2D eigenvalue weighted by Gasteiger charge is -2.07. The fraction of sp³-hybridized carbons (Fsp3) is 0.0769. The van der Waals surface area contributed by atoms with Gasteiger partial charge in [-0.2, -0.15) is 0 Å². The van der Waals surface area contributed by atoms with Gasteiger partial charge in [0.05, 0.1) is 17.6 Å². The molecule has 1 heterocycles. The van der Waals surface area contributed by atoms with E-state index in [1.54, 1.807) is 12.2 Å². The van der Waals surface area contributed by atoms with Crippen LogP contribution in [0.5, 0.6) is 0 Å². The number of nitrogens with one attached hydrogen (secondary N) is 1. The Kier molecular flexibility index (Phi) is 6.16. The number of fused-ring (bicyclic) bond motifs is 1. The molecular weight excluding hydrogens is 370 g/mol. The van der Waals surface area contributed by atoms with Crippen LogP contribution in [0.3, 0.4) is 0 Å². The van der Waals surface area contributed by atoms with E-state index in [9.17, 15) is 4.79 Å².